The molecule has 5 nitrogen and oxygen atoms in total. The van der Waals surface area contributed by atoms with Crippen molar-refractivity contribution in [3.63, 3.8) is 0 Å². The summed E-state index contributed by atoms with van der Waals surface area (Å²) in [7, 11) is -3.87. The summed E-state index contributed by atoms with van der Waals surface area (Å²) in [6.07, 6.45) is 3.03. The highest BCUT2D eigenvalue weighted by Gasteiger charge is 2.19. The maximum absolute atomic E-state index is 12.6. The number of hydrogen-bond acceptors (Lipinski definition) is 4. The van der Waals surface area contributed by atoms with E-state index in [9.17, 15) is 8.42 Å². The second-order valence-corrected chi connectivity index (χ2v) is 8.53. The van der Waals surface area contributed by atoms with Gasteiger partial charge in [0.25, 0.3) is 10.0 Å². The number of ether oxygens (including phenoxy) is 1. The smallest absolute Gasteiger partial charge is 0.263 e. The largest absolute Gasteiger partial charge is 0.456 e. The van der Waals surface area contributed by atoms with Gasteiger partial charge in [-0.1, -0.05) is 34.8 Å². The van der Waals surface area contributed by atoms with Gasteiger partial charge in [-0.25, -0.2) is 8.42 Å². The van der Waals surface area contributed by atoms with Crippen molar-refractivity contribution in [1.82, 2.24) is 4.98 Å². The third-order valence-electron chi connectivity index (χ3n) is 3.54. The van der Waals surface area contributed by atoms with Crippen LogP contribution in [0.25, 0.3) is 0 Å². The van der Waals surface area contributed by atoms with E-state index in [0.717, 1.165) is 0 Å². The first-order valence-electron chi connectivity index (χ1n) is 7.61. The molecule has 0 aliphatic rings. The Balaban J connectivity index is 1.83. The number of benzene rings is 2. The normalized spacial score (nSPS) is 11.3. The minimum absolute atomic E-state index is 0.0427. The predicted octanol–water partition coefficient (Wildman–Crippen LogP) is 5.94. The number of rotatable bonds is 5. The Kier molecular flexibility index (Phi) is 5.81. The molecule has 0 saturated heterocycles. The fraction of sp³-hybridized carbons (Fsp3) is 0.0556. The van der Waals surface area contributed by atoms with Crippen LogP contribution < -0.4 is 9.46 Å². The Morgan fingerprint density at radius 2 is 1.70 bits per heavy atom. The zero-order valence-corrected chi connectivity index (χ0v) is 17.0. The molecule has 0 aliphatic heterocycles. The molecule has 0 saturated carbocycles. The zero-order valence-electron chi connectivity index (χ0n) is 13.9. The summed E-state index contributed by atoms with van der Waals surface area (Å²) in [5.74, 6) is 0.993. The average molecular weight is 444 g/mol. The fourth-order valence-corrected chi connectivity index (χ4v) is 4.36. The minimum Gasteiger partial charge on any atom is -0.456 e. The third kappa shape index (κ3) is 4.84. The highest BCUT2D eigenvalue weighted by molar-refractivity contribution is 7.92. The van der Waals surface area contributed by atoms with Crippen LogP contribution >= 0.6 is 34.8 Å². The van der Waals surface area contributed by atoms with Crippen molar-refractivity contribution < 1.29 is 13.2 Å². The van der Waals surface area contributed by atoms with Crippen molar-refractivity contribution >= 4 is 50.5 Å². The van der Waals surface area contributed by atoms with E-state index in [1.54, 1.807) is 31.2 Å². The van der Waals surface area contributed by atoms with Crippen molar-refractivity contribution in [3.8, 4) is 11.5 Å². The van der Waals surface area contributed by atoms with Gasteiger partial charge in [-0.15, -0.1) is 0 Å². The van der Waals surface area contributed by atoms with E-state index in [4.69, 9.17) is 39.5 Å². The quantitative estimate of drug-likeness (QED) is 0.529. The summed E-state index contributed by atoms with van der Waals surface area (Å²) >= 11 is 17.7. The third-order valence-corrected chi connectivity index (χ3v) is 5.83. The molecule has 0 amide bonds. The predicted molar refractivity (Wildman–Crippen MR) is 108 cm³/mol. The maximum Gasteiger partial charge on any atom is 0.263 e. The zero-order chi connectivity index (χ0) is 19.6. The molecule has 140 valence electrons. The molecule has 1 N–H and O–H groups in total. The van der Waals surface area contributed by atoms with Crippen LogP contribution in [-0.4, -0.2) is 13.4 Å². The van der Waals surface area contributed by atoms with E-state index >= 15 is 0 Å². The topological polar surface area (TPSA) is 68.3 Å². The van der Waals surface area contributed by atoms with Crippen molar-refractivity contribution in [1.29, 1.82) is 0 Å². The molecule has 0 aliphatic carbocycles. The molecule has 1 heterocycles. The SMILES string of the molecule is Cc1cc(Oc2cncc(Cl)c2)ccc1NS(=O)(=O)c1ccc(Cl)cc1Cl. The lowest BCUT2D eigenvalue weighted by Gasteiger charge is -2.13. The van der Waals surface area contributed by atoms with E-state index in [2.05, 4.69) is 9.71 Å². The van der Waals surface area contributed by atoms with E-state index in [1.807, 2.05) is 0 Å². The lowest BCUT2D eigenvalue weighted by atomic mass is 10.2. The summed E-state index contributed by atoms with van der Waals surface area (Å²) in [4.78, 5) is 3.89. The van der Waals surface area contributed by atoms with Crippen LogP contribution in [0.4, 0.5) is 5.69 Å². The summed E-state index contributed by atoms with van der Waals surface area (Å²) in [6.45, 7) is 1.75. The Morgan fingerprint density at radius 3 is 2.37 bits per heavy atom. The van der Waals surface area contributed by atoms with Gasteiger partial charge in [-0.3, -0.25) is 9.71 Å². The lowest BCUT2D eigenvalue weighted by molar-refractivity contribution is 0.480. The number of pyridine rings is 1. The molecule has 0 bridgehead atoms. The highest BCUT2D eigenvalue weighted by Crippen LogP contribution is 2.30. The van der Waals surface area contributed by atoms with Crippen LogP contribution in [0.15, 0.2) is 59.8 Å². The number of hydrogen-bond donors (Lipinski definition) is 1. The monoisotopic (exact) mass is 442 g/mol. The molecule has 0 unspecified atom stereocenters. The Labute approximate surface area is 171 Å². The molecule has 3 rings (SSSR count). The molecule has 0 atom stereocenters. The number of nitrogens with zero attached hydrogens (tertiary/aromatic N) is 1. The van der Waals surface area contributed by atoms with Crippen molar-refractivity contribution in [2.75, 3.05) is 4.72 Å². The summed E-state index contributed by atoms with van der Waals surface area (Å²) < 4.78 is 33.4. The van der Waals surface area contributed by atoms with E-state index in [-0.39, 0.29) is 9.92 Å². The first-order chi connectivity index (χ1) is 12.7. The number of nitrogens with one attached hydrogen (secondary N) is 1. The molecule has 27 heavy (non-hydrogen) atoms. The van der Waals surface area contributed by atoms with E-state index in [0.29, 0.717) is 32.8 Å². The first kappa shape index (κ1) is 19.8. The molecule has 0 spiro atoms. The van der Waals surface area contributed by atoms with E-state index in [1.165, 1.54) is 30.6 Å². The number of halogens is 3. The minimum atomic E-state index is -3.87. The Bertz CT molecular complexity index is 1100. The van der Waals surface area contributed by atoms with Crippen LogP contribution in [-0.2, 0) is 10.0 Å². The molecular weight excluding hydrogens is 431 g/mol. The van der Waals surface area contributed by atoms with Crippen molar-refractivity contribution in [2.45, 2.75) is 11.8 Å². The molecule has 9 heteroatoms. The molecule has 1 aromatic heterocycles. The Morgan fingerprint density at radius 1 is 0.926 bits per heavy atom. The second-order valence-electron chi connectivity index (χ2n) is 5.60. The molecule has 0 radical (unpaired) electrons. The fourth-order valence-electron chi connectivity index (χ4n) is 2.29. The summed E-state index contributed by atoms with van der Waals surface area (Å²) in [5, 5.41) is 0.849. The van der Waals surface area contributed by atoms with Crippen LogP contribution in [0.5, 0.6) is 11.5 Å². The van der Waals surface area contributed by atoms with Gasteiger partial charge in [0.1, 0.15) is 16.4 Å². The summed E-state index contributed by atoms with van der Waals surface area (Å²) in [6, 6.07) is 10.8. The van der Waals surface area contributed by atoms with Crippen LogP contribution in [0.3, 0.4) is 0 Å². The Hall–Kier alpha value is -1.99. The van der Waals surface area contributed by atoms with Crippen LogP contribution in [0.1, 0.15) is 5.56 Å². The standard InChI is InChI=1S/C18H13Cl3N2O3S/c1-11-6-14(26-15-7-13(20)9-22-10-15)3-4-17(11)23-27(24,25)18-5-2-12(19)8-16(18)21/h2-10,23H,1H3. The molecule has 3 aromatic rings. The van der Waals surface area contributed by atoms with Gasteiger partial charge in [-0.05, 0) is 48.9 Å². The highest BCUT2D eigenvalue weighted by atomic mass is 35.5. The van der Waals surface area contributed by atoms with Gasteiger partial charge < -0.3 is 4.74 Å². The van der Waals surface area contributed by atoms with Gasteiger partial charge in [0, 0.05) is 17.3 Å². The lowest BCUT2D eigenvalue weighted by Crippen LogP contribution is -2.14. The average Bonchev–Trinajstić information content (AvgIpc) is 2.57. The number of sulfonamides is 1. The number of anilines is 1. The second kappa shape index (κ2) is 7.94. The van der Waals surface area contributed by atoms with Crippen LogP contribution in [0.2, 0.25) is 15.1 Å². The van der Waals surface area contributed by atoms with Gasteiger partial charge in [0.2, 0.25) is 0 Å². The van der Waals surface area contributed by atoms with Gasteiger partial charge >= 0.3 is 0 Å². The van der Waals surface area contributed by atoms with Gasteiger partial charge in [0.15, 0.2) is 0 Å². The van der Waals surface area contributed by atoms with Crippen molar-refractivity contribution in [3.05, 3.63) is 75.5 Å². The number of aromatic nitrogens is 1. The first-order valence-corrected chi connectivity index (χ1v) is 10.2. The molecule has 2 aromatic carbocycles. The summed E-state index contributed by atoms with van der Waals surface area (Å²) in [5.41, 5.74) is 1.06. The van der Waals surface area contributed by atoms with Crippen molar-refractivity contribution in [2.24, 2.45) is 0 Å². The molecular formula is C18H13Cl3N2O3S. The van der Waals surface area contributed by atoms with Crippen LogP contribution in [0, 0.1) is 6.92 Å². The number of aryl methyl sites for hydroxylation is 1. The maximum atomic E-state index is 12.6. The van der Waals surface area contributed by atoms with Gasteiger partial charge in [-0.2, -0.15) is 0 Å². The van der Waals surface area contributed by atoms with Gasteiger partial charge in [0.05, 0.1) is 21.9 Å². The van der Waals surface area contributed by atoms with E-state index < -0.39 is 10.0 Å². The molecule has 0 fully saturated rings.